The first-order valence-electron chi connectivity index (χ1n) is 12.0. The van der Waals surface area contributed by atoms with Gasteiger partial charge in [-0.2, -0.15) is 0 Å². The molecule has 0 saturated heterocycles. The van der Waals surface area contributed by atoms with Gasteiger partial charge in [-0.1, -0.05) is 23.7 Å². The molecule has 1 aromatic carbocycles. The molecule has 1 aliphatic heterocycles. The highest BCUT2D eigenvalue weighted by Crippen LogP contribution is 2.21. The quantitative estimate of drug-likeness (QED) is 0.335. The van der Waals surface area contributed by atoms with Crippen LogP contribution in [0.25, 0.3) is 0 Å². The number of aliphatic carboxylic acids is 1. The van der Waals surface area contributed by atoms with Crippen LogP contribution >= 0.6 is 11.6 Å². The van der Waals surface area contributed by atoms with Crippen LogP contribution in [0, 0.1) is 5.82 Å². The van der Waals surface area contributed by atoms with E-state index in [2.05, 4.69) is 21.7 Å². The SMILES string of the molecule is O=C(NC(CCN(CCCCc1ccc2c(n1)NCCC2)CC(F)F)C(=O)O)c1cccc(F)c1Cl. The van der Waals surface area contributed by atoms with Crippen molar-refractivity contribution in [1.82, 2.24) is 15.2 Å². The van der Waals surface area contributed by atoms with Gasteiger partial charge in [0.2, 0.25) is 0 Å². The van der Waals surface area contributed by atoms with Crippen molar-refractivity contribution in [1.29, 1.82) is 0 Å². The predicted molar refractivity (Wildman–Crippen MR) is 131 cm³/mol. The lowest BCUT2D eigenvalue weighted by atomic mass is 10.1. The maximum Gasteiger partial charge on any atom is 0.326 e. The first kappa shape index (κ1) is 27.7. The highest BCUT2D eigenvalue weighted by Gasteiger charge is 2.24. The zero-order valence-electron chi connectivity index (χ0n) is 19.8. The number of unbranched alkanes of at least 4 members (excludes halogenated alkanes) is 1. The highest BCUT2D eigenvalue weighted by atomic mass is 35.5. The van der Waals surface area contributed by atoms with Gasteiger partial charge in [0, 0.05) is 18.8 Å². The van der Waals surface area contributed by atoms with E-state index >= 15 is 0 Å². The number of nitrogens with zero attached hydrogens (tertiary/aromatic N) is 2. The third kappa shape index (κ3) is 8.09. The molecule has 0 bridgehead atoms. The van der Waals surface area contributed by atoms with E-state index in [0.29, 0.717) is 19.4 Å². The second-order valence-electron chi connectivity index (χ2n) is 8.74. The molecule has 1 unspecified atom stereocenters. The number of carbonyl (C=O) groups excluding carboxylic acids is 1. The van der Waals surface area contributed by atoms with Crippen molar-refractivity contribution < 1.29 is 27.9 Å². The first-order valence-corrected chi connectivity index (χ1v) is 12.3. The number of amides is 1. The van der Waals surface area contributed by atoms with Crippen molar-refractivity contribution in [3.05, 3.63) is 58.0 Å². The summed E-state index contributed by atoms with van der Waals surface area (Å²) < 4.78 is 39.9. The van der Waals surface area contributed by atoms with Crippen LogP contribution in [0.5, 0.6) is 0 Å². The number of rotatable bonds is 13. The molecule has 7 nitrogen and oxygen atoms in total. The number of hydrogen-bond acceptors (Lipinski definition) is 5. The van der Waals surface area contributed by atoms with E-state index in [0.717, 1.165) is 43.4 Å². The van der Waals surface area contributed by atoms with Gasteiger partial charge in [-0.05, 0) is 68.8 Å². The fourth-order valence-corrected chi connectivity index (χ4v) is 4.34. The molecule has 0 fully saturated rings. The van der Waals surface area contributed by atoms with E-state index in [1.807, 2.05) is 6.07 Å². The number of halogens is 4. The normalized spacial score (nSPS) is 13.8. The lowest BCUT2D eigenvalue weighted by Crippen LogP contribution is -2.44. The molecule has 196 valence electrons. The monoisotopic (exact) mass is 526 g/mol. The molecule has 3 N–H and O–H groups in total. The Morgan fingerprint density at radius 3 is 2.75 bits per heavy atom. The second-order valence-corrected chi connectivity index (χ2v) is 9.12. The summed E-state index contributed by atoms with van der Waals surface area (Å²) in [6.45, 7) is 0.791. The van der Waals surface area contributed by atoms with Crippen LogP contribution < -0.4 is 10.6 Å². The summed E-state index contributed by atoms with van der Waals surface area (Å²) in [4.78, 5) is 30.2. The Bertz CT molecular complexity index is 1060. The van der Waals surface area contributed by atoms with Gasteiger partial charge in [-0.15, -0.1) is 0 Å². The summed E-state index contributed by atoms with van der Waals surface area (Å²) >= 11 is 5.80. The van der Waals surface area contributed by atoms with Crippen LogP contribution in [0.15, 0.2) is 30.3 Å². The Kier molecular flexibility index (Phi) is 10.4. The average Bonchev–Trinajstić information content (AvgIpc) is 2.85. The lowest BCUT2D eigenvalue weighted by molar-refractivity contribution is -0.139. The van der Waals surface area contributed by atoms with Crippen molar-refractivity contribution in [2.75, 3.05) is 31.5 Å². The Hall–Kier alpha value is -2.85. The van der Waals surface area contributed by atoms with Crippen LogP contribution in [0.1, 0.15) is 47.3 Å². The fraction of sp³-hybridized carbons (Fsp3) is 0.480. The Balaban J connectivity index is 1.50. The molecule has 36 heavy (non-hydrogen) atoms. The van der Waals surface area contributed by atoms with Crippen LogP contribution in [0.4, 0.5) is 19.0 Å². The second kappa shape index (κ2) is 13.5. The fourth-order valence-electron chi connectivity index (χ4n) is 4.12. The van der Waals surface area contributed by atoms with Crippen molar-refractivity contribution >= 4 is 29.3 Å². The van der Waals surface area contributed by atoms with E-state index in [9.17, 15) is 27.9 Å². The summed E-state index contributed by atoms with van der Waals surface area (Å²) in [6.07, 6.45) is 1.48. The maximum atomic E-state index is 13.6. The third-order valence-corrected chi connectivity index (χ3v) is 6.42. The van der Waals surface area contributed by atoms with Crippen LogP contribution in [-0.2, 0) is 17.6 Å². The lowest BCUT2D eigenvalue weighted by Gasteiger charge is -2.24. The van der Waals surface area contributed by atoms with Gasteiger partial charge in [0.15, 0.2) is 0 Å². The Morgan fingerprint density at radius 1 is 1.19 bits per heavy atom. The van der Waals surface area contributed by atoms with E-state index < -0.39 is 41.7 Å². The van der Waals surface area contributed by atoms with Crippen LogP contribution in [0.2, 0.25) is 5.02 Å². The molecule has 3 rings (SSSR count). The third-order valence-electron chi connectivity index (χ3n) is 6.04. The largest absolute Gasteiger partial charge is 0.480 e. The van der Waals surface area contributed by atoms with Crippen molar-refractivity contribution in [3.63, 3.8) is 0 Å². The van der Waals surface area contributed by atoms with Crippen LogP contribution in [0.3, 0.4) is 0 Å². The zero-order chi connectivity index (χ0) is 26.1. The Morgan fingerprint density at radius 2 is 2.00 bits per heavy atom. The Labute approximate surface area is 213 Å². The number of anilines is 1. The maximum absolute atomic E-state index is 13.6. The molecule has 1 atom stereocenters. The minimum absolute atomic E-state index is 0.0412. The molecular weight excluding hydrogens is 497 g/mol. The van der Waals surface area contributed by atoms with E-state index in [4.69, 9.17) is 11.6 Å². The van der Waals surface area contributed by atoms with Gasteiger partial charge in [-0.3, -0.25) is 9.69 Å². The molecule has 0 aliphatic carbocycles. The van der Waals surface area contributed by atoms with Crippen molar-refractivity contribution in [2.24, 2.45) is 0 Å². The van der Waals surface area contributed by atoms with Gasteiger partial charge in [0.25, 0.3) is 12.3 Å². The average molecular weight is 527 g/mol. The highest BCUT2D eigenvalue weighted by molar-refractivity contribution is 6.34. The summed E-state index contributed by atoms with van der Waals surface area (Å²) in [5, 5.41) is 14.7. The molecule has 1 aromatic heterocycles. The van der Waals surface area contributed by atoms with Gasteiger partial charge >= 0.3 is 5.97 Å². The van der Waals surface area contributed by atoms with E-state index in [1.54, 1.807) is 0 Å². The molecule has 0 spiro atoms. The predicted octanol–water partition coefficient (Wildman–Crippen LogP) is 4.40. The number of carboxylic acid groups (broad SMARTS) is 1. The van der Waals surface area contributed by atoms with Crippen LogP contribution in [-0.4, -0.2) is 65.5 Å². The van der Waals surface area contributed by atoms with Gasteiger partial charge in [0.1, 0.15) is 17.7 Å². The van der Waals surface area contributed by atoms with E-state index in [-0.39, 0.29) is 18.5 Å². The number of alkyl halides is 2. The molecule has 0 radical (unpaired) electrons. The molecule has 1 amide bonds. The number of hydrogen-bond donors (Lipinski definition) is 3. The number of aromatic nitrogens is 1. The number of carbonyl (C=O) groups is 2. The van der Waals surface area contributed by atoms with Gasteiger partial charge in [0.05, 0.1) is 17.1 Å². The van der Waals surface area contributed by atoms with Gasteiger partial charge in [-0.25, -0.2) is 22.9 Å². The standard InChI is InChI=1S/C25H30ClF3N4O3/c26-22-18(7-3-8-19(22)27)24(34)32-20(25(35)36)11-14-33(15-21(28)29)13-2-1-6-17-10-9-16-5-4-12-30-23(16)31-17/h3,7-10,20-21H,1-2,4-6,11-15H2,(H,30,31)(H,32,34)(H,35,36). The molecule has 11 heteroatoms. The van der Waals surface area contributed by atoms with E-state index in [1.165, 1.54) is 22.6 Å². The number of aryl methyl sites for hydroxylation is 2. The number of carboxylic acids is 1. The number of pyridine rings is 1. The van der Waals surface area contributed by atoms with Crippen molar-refractivity contribution in [3.8, 4) is 0 Å². The number of benzene rings is 1. The summed E-state index contributed by atoms with van der Waals surface area (Å²) in [6, 6.07) is 6.36. The minimum atomic E-state index is -2.58. The number of nitrogens with one attached hydrogen (secondary N) is 2. The molecule has 0 saturated carbocycles. The first-order chi connectivity index (χ1) is 17.2. The molecule has 2 aromatic rings. The van der Waals surface area contributed by atoms with Crippen molar-refractivity contribution in [2.45, 2.75) is 51.0 Å². The molecular formula is C25H30ClF3N4O3. The molecule has 2 heterocycles. The molecule has 1 aliphatic rings. The summed E-state index contributed by atoms with van der Waals surface area (Å²) in [5.74, 6) is -2.06. The summed E-state index contributed by atoms with van der Waals surface area (Å²) in [5.41, 5.74) is 1.94. The smallest absolute Gasteiger partial charge is 0.326 e. The number of fused-ring (bicyclic) bond motifs is 1. The summed E-state index contributed by atoms with van der Waals surface area (Å²) in [7, 11) is 0. The minimum Gasteiger partial charge on any atom is -0.480 e. The topological polar surface area (TPSA) is 94.6 Å². The zero-order valence-corrected chi connectivity index (χ0v) is 20.5. The van der Waals surface area contributed by atoms with Gasteiger partial charge < -0.3 is 15.7 Å².